The molecule has 42 valence electrons. The number of hydrogen-bond donors (Lipinski definition) is 1. The summed E-state index contributed by atoms with van der Waals surface area (Å²) in [5.74, 6) is -1.21. The van der Waals surface area contributed by atoms with Crippen molar-refractivity contribution in [1.29, 1.82) is 0 Å². The van der Waals surface area contributed by atoms with Crippen molar-refractivity contribution in [2.45, 2.75) is 6.92 Å². The number of nitrogens with two attached hydrogens (primary N) is 1. The second-order valence-corrected chi connectivity index (χ2v) is 1.46. The number of rotatable bonds is 2. The van der Waals surface area contributed by atoms with Gasteiger partial charge >= 0.3 is 0 Å². The SMILES string of the molecule is C[C@@H](CF)C(N)=O. The van der Waals surface area contributed by atoms with E-state index in [-0.39, 0.29) is 0 Å². The molecule has 7 heavy (non-hydrogen) atoms. The maximum absolute atomic E-state index is 11.3. The van der Waals surface area contributed by atoms with Crippen LogP contribution in [-0.4, -0.2) is 12.6 Å². The first kappa shape index (κ1) is 6.40. The van der Waals surface area contributed by atoms with Crippen LogP contribution >= 0.6 is 0 Å². The number of carbonyl (C=O) groups excluding carboxylic acids is 1. The lowest BCUT2D eigenvalue weighted by Crippen LogP contribution is -2.21. The van der Waals surface area contributed by atoms with E-state index in [4.69, 9.17) is 0 Å². The molecule has 0 radical (unpaired) electrons. The summed E-state index contributed by atoms with van der Waals surface area (Å²) in [5.41, 5.74) is 4.67. The summed E-state index contributed by atoms with van der Waals surface area (Å²) in [5, 5.41) is 0. The number of halogens is 1. The maximum Gasteiger partial charge on any atom is 0.222 e. The van der Waals surface area contributed by atoms with Crippen LogP contribution in [0.15, 0.2) is 0 Å². The van der Waals surface area contributed by atoms with Crippen molar-refractivity contribution >= 4 is 5.91 Å². The van der Waals surface area contributed by atoms with Crippen LogP contribution in [0, 0.1) is 5.92 Å². The minimum absolute atomic E-state index is 0.581. The van der Waals surface area contributed by atoms with Crippen molar-refractivity contribution in [3.63, 3.8) is 0 Å². The molecule has 0 rings (SSSR count). The fraction of sp³-hybridized carbons (Fsp3) is 0.750. The van der Waals surface area contributed by atoms with Crippen LogP contribution in [-0.2, 0) is 4.79 Å². The Kier molecular flexibility index (Phi) is 2.33. The molecule has 0 bridgehead atoms. The van der Waals surface area contributed by atoms with Crippen molar-refractivity contribution < 1.29 is 9.18 Å². The normalized spacial score (nSPS) is 13.4. The quantitative estimate of drug-likeness (QED) is 0.530. The van der Waals surface area contributed by atoms with Gasteiger partial charge in [-0.05, 0) is 0 Å². The molecule has 2 N–H and O–H groups in total. The standard InChI is InChI=1S/C4H8FNO/c1-3(2-5)4(6)7/h3H,2H2,1H3,(H2,6,7)/t3-/m0/s1. The second-order valence-electron chi connectivity index (χ2n) is 1.46. The first-order valence-corrected chi connectivity index (χ1v) is 2.03. The molecule has 0 aromatic heterocycles. The Morgan fingerprint density at radius 3 is 2.43 bits per heavy atom. The highest BCUT2D eigenvalue weighted by Crippen LogP contribution is 1.90. The van der Waals surface area contributed by atoms with E-state index in [0.29, 0.717) is 0 Å². The molecule has 0 aromatic carbocycles. The van der Waals surface area contributed by atoms with Gasteiger partial charge in [-0.25, -0.2) is 0 Å². The van der Waals surface area contributed by atoms with E-state index < -0.39 is 18.5 Å². The molecule has 1 atom stereocenters. The maximum atomic E-state index is 11.3. The molecule has 0 unspecified atom stereocenters. The number of primary amides is 1. The van der Waals surface area contributed by atoms with Crippen molar-refractivity contribution in [1.82, 2.24) is 0 Å². The fourth-order valence-corrected chi connectivity index (χ4v) is 0.0760. The molecule has 0 saturated carbocycles. The highest BCUT2D eigenvalue weighted by Gasteiger charge is 2.05. The third-order valence-corrected chi connectivity index (χ3v) is 0.717. The molecule has 0 saturated heterocycles. The predicted octanol–water partition coefficient (Wildman–Crippen LogP) is 0.0773. The highest BCUT2D eigenvalue weighted by molar-refractivity contribution is 5.76. The molecular weight excluding hydrogens is 97.0 g/mol. The Balaban J connectivity index is 3.34. The van der Waals surface area contributed by atoms with Gasteiger partial charge in [0, 0.05) is 0 Å². The zero-order valence-corrected chi connectivity index (χ0v) is 4.15. The van der Waals surface area contributed by atoms with Crippen molar-refractivity contribution in [3.05, 3.63) is 0 Å². The monoisotopic (exact) mass is 105 g/mol. The van der Waals surface area contributed by atoms with Crippen LogP contribution in [0.4, 0.5) is 4.39 Å². The lowest BCUT2D eigenvalue weighted by atomic mass is 10.2. The van der Waals surface area contributed by atoms with Gasteiger partial charge in [0.15, 0.2) is 0 Å². The van der Waals surface area contributed by atoms with Crippen molar-refractivity contribution in [3.8, 4) is 0 Å². The summed E-state index contributed by atoms with van der Waals surface area (Å²) in [6, 6.07) is 0. The van der Waals surface area contributed by atoms with Gasteiger partial charge in [0.05, 0.1) is 5.92 Å². The first-order chi connectivity index (χ1) is 3.18. The van der Waals surface area contributed by atoms with Crippen molar-refractivity contribution in [2.24, 2.45) is 11.7 Å². The molecule has 0 fully saturated rings. The molecule has 1 amide bonds. The Morgan fingerprint density at radius 1 is 2.00 bits per heavy atom. The molecular formula is C4H8FNO. The Labute approximate surface area is 41.5 Å². The van der Waals surface area contributed by atoms with E-state index in [2.05, 4.69) is 5.73 Å². The van der Waals surface area contributed by atoms with E-state index >= 15 is 0 Å². The average molecular weight is 105 g/mol. The summed E-state index contributed by atoms with van der Waals surface area (Å²) in [7, 11) is 0. The van der Waals surface area contributed by atoms with Gasteiger partial charge < -0.3 is 5.73 Å². The number of carbonyl (C=O) groups is 1. The van der Waals surface area contributed by atoms with Crippen LogP contribution in [0.3, 0.4) is 0 Å². The lowest BCUT2D eigenvalue weighted by Gasteiger charge is -1.95. The first-order valence-electron chi connectivity index (χ1n) is 2.03. The van der Waals surface area contributed by atoms with Gasteiger partial charge in [0.1, 0.15) is 6.67 Å². The van der Waals surface area contributed by atoms with Crippen LogP contribution in [0.2, 0.25) is 0 Å². The van der Waals surface area contributed by atoms with Gasteiger partial charge in [-0.15, -0.1) is 0 Å². The number of hydrogen-bond acceptors (Lipinski definition) is 1. The second kappa shape index (κ2) is 2.55. The van der Waals surface area contributed by atoms with E-state index in [9.17, 15) is 9.18 Å². The smallest absolute Gasteiger partial charge is 0.222 e. The zero-order valence-electron chi connectivity index (χ0n) is 4.15. The minimum Gasteiger partial charge on any atom is -0.369 e. The molecule has 0 aliphatic rings. The van der Waals surface area contributed by atoms with Gasteiger partial charge in [-0.2, -0.15) is 0 Å². The number of alkyl halides is 1. The molecule has 0 aromatic rings. The Bertz CT molecular complexity index is 74.1. The Morgan fingerprint density at radius 2 is 2.43 bits per heavy atom. The summed E-state index contributed by atoms with van der Waals surface area (Å²) in [6.45, 7) is 0.789. The molecule has 0 aliphatic heterocycles. The predicted molar refractivity (Wildman–Crippen MR) is 24.3 cm³/mol. The van der Waals surface area contributed by atoms with Gasteiger partial charge in [0.2, 0.25) is 5.91 Å². The van der Waals surface area contributed by atoms with E-state index in [1.54, 1.807) is 0 Å². The van der Waals surface area contributed by atoms with Crippen LogP contribution in [0.25, 0.3) is 0 Å². The molecule has 3 heteroatoms. The molecule has 0 spiro atoms. The summed E-state index contributed by atoms with van der Waals surface area (Å²) >= 11 is 0. The lowest BCUT2D eigenvalue weighted by molar-refractivity contribution is -0.121. The Hall–Kier alpha value is -0.600. The van der Waals surface area contributed by atoms with Gasteiger partial charge in [-0.3, -0.25) is 9.18 Å². The third kappa shape index (κ3) is 2.14. The van der Waals surface area contributed by atoms with E-state index in [1.165, 1.54) is 6.92 Å². The zero-order chi connectivity index (χ0) is 5.86. The van der Waals surface area contributed by atoms with Gasteiger partial charge in [0.25, 0.3) is 0 Å². The van der Waals surface area contributed by atoms with Crippen LogP contribution in [0.5, 0.6) is 0 Å². The fourth-order valence-electron chi connectivity index (χ4n) is 0.0760. The summed E-state index contributed by atoms with van der Waals surface area (Å²) in [6.07, 6.45) is 0. The topological polar surface area (TPSA) is 43.1 Å². The minimum atomic E-state index is -0.657. The van der Waals surface area contributed by atoms with E-state index in [0.717, 1.165) is 0 Å². The number of amides is 1. The molecule has 0 aliphatic carbocycles. The largest absolute Gasteiger partial charge is 0.369 e. The van der Waals surface area contributed by atoms with Crippen LogP contribution in [0.1, 0.15) is 6.92 Å². The summed E-state index contributed by atoms with van der Waals surface area (Å²) < 4.78 is 11.3. The van der Waals surface area contributed by atoms with Gasteiger partial charge in [-0.1, -0.05) is 6.92 Å². The summed E-state index contributed by atoms with van der Waals surface area (Å²) in [4.78, 5) is 9.91. The molecule has 0 heterocycles. The average Bonchev–Trinajstić information content (AvgIpc) is 1.65. The third-order valence-electron chi connectivity index (χ3n) is 0.717. The van der Waals surface area contributed by atoms with Crippen LogP contribution < -0.4 is 5.73 Å². The van der Waals surface area contributed by atoms with E-state index in [1.807, 2.05) is 0 Å². The van der Waals surface area contributed by atoms with Crippen molar-refractivity contribution in [2.75, 3.05) is 6.67 Å². The highest BCUT2D eigenvalue weighted by atomic mass is 19.1. The molecule has 2 nitrogen and oxygen atoms in total.